The van der Waals surface area contributed by atoms with Crippen molar-refractivity contribution in [2.75, 3.05) is 11.4 Å². The number of nitrogens with zero attached hydrogens (tertiary/aromatic N) is 3. The summed E-state index contributed by atoms with van der Waals surface area (Å²) in [7, 11) is 0. The normalized spacial score (nSPS) is 16.0. The van der Waals surface area contributed by atoms with Crippen molar-refractivity contribution < 1.29 is 4.79 Å². The van der Waals surface area contributed by atoms with E-state index < -0.39 is 0 Å². The third-order valence-electron chi connectivity index (χ3n) is 2.45. The molecule has 0 saturated carbocycles. The van der Waals surface area contributed by atoms with E-state index in [9.17, 15) is 4.79 Å². The molecule has 1 aliphatic heterocycles. The highest BCUT2D eigenvalue weighted by Crippen LogP contribution is 2.26. The van der Waals surface area contributed by atoms with Crippen molar-refractivity contribution in [1.29, 1.82) is 0 Å². The Kier molecular flexibility index (Phi) is 1.36. The van der Waals surface area contributed by atoms with Crippen LogP contribution in [0.2, 0.25) is 0 Å². The monoisotopic (exact) mass is 188 g/mol. The van der Waals surface area contributed by atoms with Gasteiger partial charge in [0.2, 0.25) is 5.91 Å². The Hall–Kier alpha value is -1.91. The number of hydrogen-bond donors (Lipinski definition) is 1. The zero-order chi connectivity index (χ0) is 9.54. The number of nitrogens with one attached hydrogen (secondary N) is 1. The van der Waals surface area contributed by atoms with Crippen molar-refractivity contribution in [1.82, 2.24) is 15.2 Å². The van der Waals surface area contributed by atoms with Gasteiger partial charge in [0.05, 0.1) is 11.7 Å². The Morgan fingerprint density at radius 1 is 1.50 bits per heavy atom. The highest BCUT2D eigenvalue weighted by atomic mass is 16.2. The van der Waals surface area contributed by atoms with Gasteiger partial charge in [-0.3, -0.25) is 19.8 Å². The van der Waals surface area contributed by atoms with Gasteiger partial charge < -0.3 is 0 Å². The summed E-state index contributed by atoms with van der Waals surface area (Å²) in [5.74, 6) is 0.855. The molecule has 70 valence electrons. The average molecular weight is 188 g/mol. The van der Waals surface area contributed by atoms with Gasteiger partial charge in [0.25, 0.3) is 0 Å². The zero-order valence-corrected chi connectivity index (χ0v) is 7.40. The number of amides is 1. The van der Waals surface area contributed by atoms with Gasteiger partial charge in [0, 0.05) is 24.5 Å². The first-order valence-corrected chi connectivity index (χ1v) is 4.45. The van der Waals surface area contributed by atoms with Crippen molar-refractivity contribution in [3.63, 3.8) is 0 Å². The van der Waals surface area contributed by atoms with Crippen molar-refractivity contribution in [3.05, 3.63) is 18.5 Å². The van der Waals surface area contributed by atoms with E-state index >= 15 is 0 Å². The fourth-order valence-electron chi connectivity index (χ4n) is 1.60. The lowest BCUT2D eigenvalue weighted by atomic mass is 10.2. The molecule has 0 spiro atoms. The van der Waals surface area contributed by atoms with Gasteiger partial charge in [-0.15, -0.1) is 0 Å². The van der Waals surface area contributed by atoms with E-state index in [1.54, 1.807) is 17.3 Å². The fourth-order valence-corrected chi connectivity index (χ4v) is 1.60. The minimum atomic E-state index is 0.134. The molecule has 1 saturated heterocycles. The Labute approximate surface area is 79.7 Å². The standard InChI is InChI=1S/C9H8N4O/c14-8-2-4-13(8)9-6-1-3-10-5-7(6)11-12-9/h1,3,5H,2,4H2,(H,11,12). The lowest BCUT2D eigenvalue weighted by molar-refractivity contribution is -0.122. The predicted octanol–water partition coefficient (Wildman–Crippen LogP) is 0.695. The van der Waals surface area contributed by atoms with Crippen LogP contribution < -0.4 is 4.90 Å². The van der Waals surface area contributed by atoms with Crippen LogP contribution in [-0.4, -0.2) is 27.6 Å². The Bertz CT molecular complexity index is 504. The summed E-state index contributed by atoms with van der Waals surface area (Å²) >= 11 is 0. The smallest absolute Gasteiger partial charge is 0.230 e. The molecule has 0 atom stereocenters. The molecule has 1 fully saturated rings. The molecule has 0 aromatic carbocycles. The summed E-state index contributed by atoms with van der Waals surface area (Å²) in [5, 5.41) is 7.91. The zero-order valence-electron chi connectivity index (χ0n) is 7.40. The molecule has 3 heterocycles. The molecule has 0 radical (unpaired) electrons. The van der Waals surface area contributed by atoms with Crippen LogP contribution in [-0.2, 0) is 4.79 Å². The molecule has 1 aliphatic rings. The van der Waals surface area contributed by atoms with Gasteiger partial charge in [-0.25, -0.2) is 0 Å². The van der Waals surface area contributed by atoms with Gasteiger partial charge in [0.15, 0.2) is 5.82 Å². The number of anilines is 1. The van der Waals surface area contributed by atoms with Gasteiger partial charge in [0.1, 0.15) is 0 Å². The first-order chi connectivity index (χ1) is 6.86. The van der Waals surface area contributed by atoms with E-state index in [2.05, 4.69) is 15.2 Å². The number of H-pyrrole nitrogens is 1. The Balaban J connectivity index is 2.17. The van der Waals surface area contributed by atoms with Crippen LogP contribution in [0.1, 0.15) is 6.42 Å². The van der Waals surface area contributed by atoms with Crippen LogP contribution in [0.5, 0.6) is 0 Å². The van der Waals surface area contributed by atoms with Crippen LogP contribution in [0.4, 0.5) is 5.82 Å². The minimum Gasteiger partial charge on any atom is -0.294 e. The lowest BCUT2D eigenvalue weighted by Gasteiger charge is -2.28. The number of pyridine rings is 1. The summed E-state index contributed by atoms with van der Waals surface area (Å²) in [4.78, 5) is 16.9. The Morgan fingerprint density at radius 3 is 3.14 bits per heavy atom. The molecular weight excluding hydrogens is 180 g/mol. The molecule has 2 aromatic heterocycles. The number of β-lactam (4-membered cyclic amide) rings is 1. The van der Waals surface area contributed by atoms with Crippen molar-refractivity contribution in [2.45, 2.75) is 6.42 Å². The first kappa shape index (κ1) is 7.49. The molecule has 2 aromatic rings. The maximum absolute atomic E-state index is 11.2. The number of hydrogen-bond acceptors (Lipinski definition) is 3. The van der Waals surface area contributed by atoms with Gasteiger partial charge >= 0.3 is 0 Å². The van der Waals surface area contributed by atoms with Crippen molar-refractivity contribution in [3.8, 4) is 0 Å². The number of fused-ring (bicyclic) bond motifs is 1. The van der Waals surface area contributed by atoms with Gasteiger partial charge in [-0.1, -0.05) is 0 Å². The largest absolute Gasteiger partial charge is 0.294 e. The van der Waals surface area contributed by atoms with E-state index in [0.29, 0.717) is 6.42 Å². The maximum atomic E-state index is 11.2. The lowest BCUT2D eigenvalue weighted by Crippen LogP contribution is -2.43. The van der Waals surface area contributed by atoms with Crippen molar-refractivity contribution >= 4 is 22.6 Å². The fraction of sp³-hybridized carbons (Fsp3) is 0.222. The minimum absolute atomic E-state index is 0.134. The van der Waals surface area contributed by atoms with Gasteiger partial charge in [-0.05, 0) is 6.07 Å². The van der Waals surface area contributed by atoms with E-state index in [1.165, 1.54) is 0 Å². The molecule has 0 bridgehead atoms. The quantitative estimate of drug-likeness (QED) is 0.670. The summed E-state index contributed by atoms with van der Waals surface area (Å²) in [6.07, 6.45) is 4.03. The number of carbonyl (C=O) groups is 1. The predicted molar refractivity (Wildman–Crippen MR) is 50.9 cm³/mol. The molecule has 1 N–H and O–H groups in total. The third kappa shape index (κ3) is 0.863. The number of aromatic amines is 1. The second-order valence-corrected chi connectivity index (χ2v) is 3.26. The molecule has 0 unspecified atom stereocenters. The molecule has 1 amide bonds. The molecular formula is C9H8N4O. The topological polar surface area (TPSA) is 61.9 Å². The number of rotatable bonds is 1. The average Bonchev–Trinajstić information content (AvgIpc) is 2.60. The third-order valence-corrected chi connectivity index (χ3v) is 2.45. The molecule has 5 nitrogen and oxygen atoms in total. The molecule has 0 aliphatic carbocycles. The Morgan fingerprint density at radius 2 is 2.43 bits per heavy atom. The summed E-state index contributed by atoms with van der Waals surface area (Å²) in [6, 6.07) is 1.86. The second-order valence-electron chi connectivity index (χ2n) is 3.26. The summed E-state index contributed by atoms with van der Waals surface area (Å²) < 4.78 is 0. The molecule has 3 rings (SSSR count). The number of aromatic nitrogens is 3. The van der Waals surface area contributed by atoms with Crippen LogP contribution in [0, 0.1) is 0 Å². The SMILES string of the molecule is O=C1CCN1c1n[nH]c2cnccc12. The second kappa shape index (κ2) is 2.54. The molecule has 5 heteroatoms. The van der Waals surface area contributed by atoms with E-state index in [-0.39, 0.29) is 5.91 Å². The van der Waals surface area contributed by atoms with E-state index in [0.717, 1.165) is 23.3 Å². The summed E-state index contributed by atoms with van der Waals surface area (Å²) in [6.45, 7) is 0.765. The van der Waals surface area contributed by atoms with Crippen LogP contribution >= 0.6 is 0 Å². The van der Waals surface area contributed by atoms with E-state index in [1.807, 2.05) is 6.07 Å². The van der Waals surface area contributed by atoms with Crippen LogP contribution in [0.25, 0.3) is 10.9 Å². The van der Waals surface area contributed by atoms with E-state index in [4.69, 9.17) is 0 Å². The first-order valence-electron chi connectivity index (χ1n) is 4.45. The maximum Gasteiger partial charge on any atom is 0.230 e. The highest BCUT2D eigenvalue weighted by molar-refractivity contribution is 6.05. The van der Waals surface area contributed by atoms with Crippen LogP contribution in [0.15, 0.2) is 18.5 Å². The molecule has 14 heavy (non-hydrogen) atoms. The number of carbonyl (C=O) groups excluding carboxylic acids is 1. The van der Waals surface area contributed by atoms with Crippen LogP contribution in [0.3, 0.4) is 0 Å². The summed E-state index contributed by atoms with van der Waals surface area (Å²) in [5.41, 5.74) is 0.863. The van der Waals surface area contributed by atoms with Gasteiger partial charge in [-0.2, -0.15) is 5.10 Å². The highest BCUT2D eigenvalue weighted by Gasteiger charge is 2.28. The van der Waals surface area contributed by atoms with Crippen molar-refractivity contribution in [2.24, 2.45) is 0 Å².